The second kappa shape index (κ2) is 9.43. The van der Waals surface area contributed by atoms with Crippen LogP contribution in [0.3, 0.4) is 0 Å². The van der Waals surface area contributed by atoms with Gasteiger partial charge in [0.25, 0.3) is 5.88 Å². The van der Waals surface area contributed by atoms with E-state index in [0.717, 1.165) is 6.20 Å². The van der Waals surface area contributed by atoms with Gasteiger partial charge in [-0.1, -0.05) is 18.2 Å². The summed E-state index contributed by atoms with van der Waals surface area (Å²) < 4.78 is 78.2. The quantitative estimate of drug-likeness (QED) is 0.492. The normalized spacial score (nSPS) is 13.2. The van der Waals surface area contributed by atoms with Crippen molar-refractivity contribution >= 4 is 26.9 Å². The molecule has 31 heavy (non-hydrogen) atoms. The molecule has 0 aliphatic rings. The van der Waals surface area contributed by atoms with E-state index in [9.17, 15) is 21.6 Å². The number of para-hydroxylation sites is 2. The molecule has 8 nitrogen and oxygen atoms in total. The molecule has 3 rings (SSSR count). The summed E-state index contributed by atoms with van der Waals surface area (Å²) in [7, 11) is -2.51. The van der Waals surface area contributed by atoms with Crippen LogP contribution in [0.5, 0.6) is 5.88 Å². The lowest BCUT2D eigenvalue weighted by Crippen LogP contribution is -2.27. The highest BCUT2D eigenvalue weighted by Crippen LogP contribution is 2.38. The Hall–Kier alpha value is -2.99. The van der Waals surface area contributed by atoms with Crippen LogP contribution in [0, 0.1) is 0 Å². The van der Waals surface area contributed by atoms with Crippen LogP contribution in [-0.2, 0) is 14.8 Å². The van der Waals surface area contributed by atoms with Gasteiger partial charge in [0.05, 0.1) is 16.8 Å². The summed E-state index contributed by atoms with van der Waals surface area (Å²) in [5.74, 6) is -1.35. The Morgan fingerprint density at radius 1 is 1.10 bits per heavy atom. The Morgan fingerprint density at radius 2 is 1.81 bits per heavy atom. The third-order valence-corrected chi connectivity index (χ3v) is 5.40. The van der Waals surface area contributed by atoms with Crippen LogP contribution in [0.15, 0.2) is 48.8 Å². The van der Waals surface area contributed by atoms with E-state index in [0.29, 0.717) is 0 Å². The zero-order valence-corrected chi connectivity index (χ0v) is 17.2. The van der Waals surface area contributed by atoms with Crippen LogP contribution in [-0.4, -0.2) is 49.0 Å². The molecule has 0 saturated carbocycles. The molecule has 166 valence electrons. The Balaban J connectivity index is 2.02. The van der Waals surface area contributed by atoms with Gasteiger partial charge >= 0.3 is 6.18 Å². The summed E-state index contributed by atoms with van der Waals surface area (Å²) in [6.45, 7) is 0.199. The van der Waals surface area contributed by atoms with E-state index < -0.39 is 34.0 Å². The molecule has 2 aromatic heterocycles. The first-order valence-corrected chi connectivity index (χ1v) is 10.7. The number of alkyl halides is 3. The number of anilines is 1. The number of sulfonamides is 1. The van der Waals surface area contributed by atoms with Gasteiger partial charge in [0.15, 0.2) is 0 Å². The number of fused-ring (bicyclic) bond motifs is 1. The van der Waals surface area contributed by atoms with Gasteiger partial charge in [-0.2, -0.15) is 13.2 Å². The maximum Gasteiger partial charge on any atom is 0.429 e. The molecular formula is C19H19F3N4O4S. The lowest BCUT2D eigenvalue weighted by molar-refractivity contribution is -0.198. The van der Waals surface area contributed by atoms with Crippen LogP contribution in [0.25, 0.3) is 11.0 Å². The third-order valence-electron chi connectivity index (χ3n) is 4.07. The molecule has 0 bridgehead atoms. The molecule has 1 atom stereocenters. The predicted octanol–water partition coefficient (Wildman–Crippen LogP) is 3.49. The number of hydrogen-bond acceptors (Lipinski definition) is 7. The maximum atomic E-state index is 13.7. The monoisotopic (exact) mass is 456 g/mol. The van der Waals surface area contributed by atoms with Crippen molar-refractivity contribution in [1.82, 2.24) is 15.0 Å². The van der Waals surface area contributed by atoms with Crippen LogP contribution in [0.1, 0.15) is 18.1 Å². The van der Waals surface area contributed by atoms with Crippen molar-refractivity contribution < 1.29 is 31.1 Å². The van der Waals surface area contributed by atoms with Crippen molar-refractivity contribution in [2.45, 2.75) is 18.7 Å². The third kappa shape index (κ3) is 6.01. The number of benzene rings is 1. The fraction of sp³-hybridized carbons (Fsp3) is 0.316. The minimum Gasteiger partial charge on any atom is -0.457 e. The van der Waals surface area contributed by atoms with Crippen molar-refractivity contribution in [1.29, 1.82) is 0 Å². The van der Waals surface area contributed by atoms with Gasteiger partial charge < -0.3 is 9.47 Å². The van der Waals surface area contributed by atoms with Gasteiger partial charge in [0.1, 0.15) is 0 Å². The number of hydrogen-bond donors (Lipinski definition) is 1. The van der Waals surface area contributed by atoms with Crippen molar-refractivity contribution in [3.05, 3.63) is 54.4 Å². The number of nitrogens with zero attached hydrogens (tertiary/aromatic N) is 3. The van der Waals surface area contributed by atoms with E-state index in [1.807, 2.05) is 0 Å². The predicted molar refractivity (Wildman–Crippen MR) is 107 cm³/mol. The molecular weight excluding hydrogens is 437 g/mol. The number of nitrogens with one attached hydrogen (secondary N) is 1. The van der Waals surface area contributed by atoms with Crippen molar-refractivity contribution in [3.8, 4) is 5.88 Å². The molecule has 12 heteroatoms. The molecule has 2 heterocycles. The van der Waals surface area contributed by atoms with E-state index in [-0.39, 0.29) is 35.4 Å². The topological polar surface area (TPSA) is 103 Å². The zero-order valence-electron chi connectivity index (χ0n) is 16.3. The molecule has 0 radical (unpaired) electrons. The van der Waals surface area contributed by atoms with Gasteiger partial charge in [-0.15, -0.1) is 0 Å². The van der Waals surface area contributed by atoms with Crippen molar-refractivity contribution in [2.75, 3.05) is 24.2 Å². The number of pyridine rings is 1. The maximum absolute atomic E-state index is 13.7. The van der Waals surface area contributed by atoms with E-state index in [1.165, 1.54) is 31.5 Å². The van der Waals surface area contributed by atoms with Crippen LogP contribution >= 0.6 is 0 Å². The highest BCUT2D eigenvalue weighted by Gasteiger charge is 2.44. The van der Waals surface area contributed by atoms with E-state index in [4.69, 9.17) is 9.47 Å². The van der Waals surface area contributed by atoms with E-state index in [1.54, 1.807) is 18.2 Å². The van der Waals surface area contributed by atoms with Crippen molar-refractivity contribution in [2.24, 2.45) is 0 Å². The molecule has 0 fully saturated rings. The Morgan fingerprint density at radius 3 is 2.42 bits per heavy atom. The molecule has 1 unspecified atom stereocenters. The van der Waals surface area contributed by atoms with Gasteiger partial charge in [0, 0.05) is 31.7 Å². The molecule has 0 saturated heterocycles. The average molecular weight is 456 g/mol. The molecule has 0 aliphatic carbocycles. The fourth-order valence-corrected chi connectivity index (χ4v) is 3.72. The number of ether oxygens (including phenoxy) is 2. The summed E-state index contributed by atoms with van der Waals surface area (Å²) in [5.41, 5.74) is 0.264. The molecule has 1 aromatic carbocycles. The van der Waals surface area contributed by atoms with E-state index >= 15 is 0 Å². The molecule has 0 spiro atoms. The second-order valence-electron chi connectivity index (χ2n) is 6.46. The summed E-state index contributed by atoms with van der Waals surface area (Å²) >= 11 is 0. The number of halogens is 3. The molecule has 0 amide bonds. The number of aromatic nitrogens is 3. The Kier molecular flexibility index (Phi) is 6.91. The van der Waals surface area contributed by atoms with Crippen LogP contribution in [0.2, 0.25) is 0 Å². The largest absolute Gasteiger partial charge is 0.457 e. The van der Waals surface area contributed by atoms with Gasteiger partial charge in [-0.05, 0) is 24.6 Å². The fourth-order valence-electron chi connectivity index (χ4n) is 2.69. The first-order chi connectivity index (χ1) is 14.7. The smallest absolute Gasteiger partial charge is 0.429 e. The van der Waals surface area contributed by atoms with Gasteiger partial charge in [0.2, 0.25) is 21.9 Å². The minimum absolute atomic E-state index is 0.184. The lowest BCUT2D eigenvalue weighted by Gasteiger charge is -2.22. The number of methoxy groups -OCH3 is 1. The average Bonchev–Trinajstić information content (AvgIpc) is 2.71. The summed E-state index contributed by atoms with van der Waals surface area (Å²) in [6, 6.07) is 8.88. The van der Waals surface area contributed by atoms with Crippen LogP contribution in [0.4, 0.5) is 19.0 Å². The molecule has 3 aromatic rings. The van der Waals surface area contributed by atoms with E-state index in [2.05, 4.69) is 19.7 Å². The highest BCUT2D eigenvalue weighted by molar-refractivity contribution is 7.92. The van der Waals surface area contributed by atoms with Gasteiger partial charge in [-0.3, -0.25) is 9.71 Å². The molecule has 1 N–H and O–H groups in total. The molecule has 0 aliphatic heterocycles. The van der Waals surface area contributed by atoms with Gasteiger partial charge in [-0.25, -0.2) is 18.4 Å². The van der Waals surface area contributed by atoms with Crippen molar-refractivity contribution in [3.63, 3.8) is 0 Å². The number of rotatable bonds is 9. The zero-order chi connectivity index (χ0) is 22.5. The van der Waals surface area contributed by atoms with Crippen LogP contribution < -0.4 is 9.46 Å². The Bertz CT molecular complexity index is 1130. The Labute approximate surface area is 176 Å². The SMILES string of the molecule is COCCCS(=O)(=O)Nc1nc2ccccc2nc1OC(c1cccnc1)C(F)(F)F. The summed E-state index contributed by atoms with van der Waals surface area (Å²) in [6.07, 6.45) is -4.71. The minimum atomic E-state index is -4.81. The summed E-state index contributed by atoms with van der Waals surface area (Å²) in [5, 5.41) is 0. The summed E-state index contributed by atoms with van der Waals surface area (Å²) in [4.78, 5) is 11.9. The first-order valence-electron chi connectivity index (χ1n) is 9.09. The first kappa shape index (κ1) is 22.7. The lowest BCUT2D eigenvalue weighted by atomic mass is 10.1. The highest BCUT2D eigenvalue weighted by atomic mass is 32.2. The second-order valence-corrected chi connectivity index (χ2v) is 8.30. The standard InChI is InChI=1S/C19H19F3N4O4S/c1-29-10-5-11-31(27,28)26-17-18(25-15-8-3-2-7-14(15)24-17)30-16(19(20,21)22)13-6-4-9-23-12-13/h2-4,6-9,12,16H,5,10-11H2,1H3,(H,24,26).